The highest BCUT2D eigenvalue weighted by molar-refractivity contribution is 8.76. The summed E-state index contributed by atoms with van der Waals surface area (Å²) >= 11 is 0. The molecule has 0 radical (unpaired) electrons. The second-order valence-electron chi connectivity index (χ2n) is 3.05. The van der Waals surface area contributed by atoms with Gasteiger partial charge in [0.15, 0.2) is 0 Å². The minimum Gasteiger partial charge on any atom is -0.481 e. The van der Waals surface area contributed by atoms with Crippen molar-refractivity contribution in [2.75, 3.05) is 11.5 Å². The first-order valence-electron chi connectivity index (χ1n) is 4.15. The lowest BCUT2D eigenvalue weighted by Gasteiger charge is -2.06. The Kier molecular flexibility index (Phi) is 6.82. The molecule has 0 amide bonds. The van der Waals surface area contributed by atoms with E-state index in [0.29, 0.717) is 11.5 Å². The van der Waals surface area contributed by atoms with Crippen LogP contribution in [0.4, 0.5) is 0 Å². The predicted octanol–water partition coefficient (Wildman–Crippen LogP) is 1.81. The summed E-state index contributed by atoms with van der Waals surface area (Å²) < 4.78 is 0. The van der Waals surface area contributed by atoms with Gasteiger partial charge in [-0.15, -0.1) is 0 Å². The van der Waals surface area contributed by atoms with E-state index in [1.807, 2.05) is 0 Å². The van der Waals surface area contributed by atoms with E-state index in [0.717, 1.165) is 0 Å². The summed E-state index contributed by atoms with van der Waals surface area (Å²) in [5, 5.41) is 17.1. The van der Waals surface area contributed by atoms with Crippen LogP contribution in [0, 0.1) is 11.8 Å². The van der Waals surface area contributed by atoms with E-state index in [-0.39, 0.29) is 11.8 Å². The minimum atomic E-state index is -0.815. The molecule has 0 aliphatic heterocycles. The largest absolute Gasteiger partial charge is 0.481 e. The first-order chi connectivity index (χ1) is 6.45. The van der Waals surface area contributed by atoms with Crippen molar-refractivity contribution >= 4 is 33.5 Å². The summed E-state index contributed by atoms with van der Waals surface area (Å²) in [6, 6.07) is 0. The third-order valence-corrected chi connectivity index (χ3v) is 4.32. The lowest BCUT2D eigenvalue weighted by Crippen LogP contribution is -2.13. The van der Waals surface area contributed by atoms with Gasteiger partial charge in [0.25, 0.3) is 0 Å². The Bertz CT molecular complexity index is 186. The van der Waals surface area contributed by atoms with Crippen molar-refractivity contribution in [2.45, 2.75) is 13.8 Å². The van der Waals surface area contributed by atoms with Crippen LogP contribution in [-0.4, -0.2) is 33.7 Å². The minimum absolute atomic E-state index is 0.382. The van der Waals surface area contributed by atoms with Gasteiger partial charge in [-0.25, -0.2) is 0 Å². The summed E-state index contributed by atoms with van der Waals surface area (Å²) in [7, 11) is 2.82. The van der Waals surface area contributed by atoms with Gasteiger partial charge in [0.1, 0.15) is 0 Å². The molecule has 14 heavy (non-hydrogen) atoms. The van der Waals surface area contributed by atoms with E-state index in [1.165, 1.54) is 21.6 Å². The van der Waals surface area contributed by atoms with E-state index in [9.17, 15) is 9.59 Å². The van der Waals surface area contributed by atoms with Crippen molar-refractivity contribution in [1.82, 2.24) is 0 Å². The molecule has 0 rings (SSSR count). The van der Waals surface area contributed by atoms with Crippen LogP contribution in [0.5, 0.6) is 0 Å². The van der Waals surface area contributed by atoms with E-state index in [1.54, 1.807) is 13.8 Å². The van der Waals surface area contributed by atoms with Gasteiger partial charge in [-0.3, -0.25) is 9.59 Å². The van der Waals surface area contributed by atoms with Crippen LogP contribution in [0.1, 0.15) is 13.8 Å². The monoisotopic (exact) mass is 238 g/mol. The fourth-order valence-electron chi connectivity index (χ4n) is 0.443. The molecular weight excluding hydrogens is 224 g/mol. The molecule has 0 fully saturated rings. The SMILES string of the molecule is C[C@H](CSSC[C@H](C)C(=O)O)C(=O)O. The van der Waals surface area contributed by atoms with E-state index in [2.05, 4.69) is 0 Å². The molecule has 0 aromatic heterocycles. The molecule has 0 saturated carbocycles. The molecule has 0 unspecified atom stereocenters. The number of hydrogen-bond acceptors (Lipinski definition) is 4. The fraction of sp³-hybridized carbons (Fsp3) is 0.750. The maximum Gasteiger partial charge on any atom is 0.307 e. The summed E-state index contributed by atoms with van der Waals surface area (Å²) in [5.41, 5.74) is 0. The van der Waals surface area contributed by atoms with Crippen LogP contribution in [-0.2, 0) is 9.59 Å². The maximum absolute atomic E-state index is 10.4. The molecule has 2 N–H and O–H groups in total. The highest BCUT2D eigenvalue weighted by Crippen LogP contribution is 2.26. The van der Waals surface area contributed by atoms with E-state index in [4.69, 9.17) is 10.2 Å². The normalized spacial score (nSPS) is 14.7. The molecule has 0 aromatic rings. The average Bonchev–Trinajstić information content (AvgIpc) is 2.11. The topological polar surface area (TPSA) is 74.6 Å². The third-order valence-electron chi connectivity index (χ3n) is 1.56. The Balaban J connectivity index is 3.47. The van der Waals surface area contributed by atoms with Gasteiger partial charge >= 0.3 is 11.9 Å². The van der Waals surface area contributed by atoms with Crippen LogP contribution in [0.15, 0.2) is 0 Å². The van der Waals surface area contributed by atoms with Crippen LogP contribution in [0.3, 0.4) is 0 Å². The first kappa shape index (κ1) is 13.6. The Labute approximate surface area is 90.9 Å². The number of carbonyl (C=O) groups is 2. The van der Waals surface area contributed by atoms with E-state index >= 15 is 0 Å². The molecule has 0 spiro atoms. The molecule has 0 aliphatic carbocycles. The molecule has 6 heteroatoms. The number of hydrogen-bond donors (Lipinski definition) is 2. The van der Waals surface area contributed by atoms with Gasteiger partial charge in [0, 0.05) is 11.5 Å². The highest BCUT2D eigenvalue weighted by atomic mass is 33.1. The van der Waals surface area contributed by atoms with Crippen LogP contribution in [0.25, 0.3) is 0 Å². The number of aliphatic carboxylic acids is 2. The smallest absolute Gasteiger partial charge is 0.307 e. The summed E-state index contributed by atoms with van der Waals surface area (Å²) in [4.78, 5) is 20.8. The van der Waals surface area contributed by atoms with Crippen molar-refractivity contribution in [3.63, 3.8) is 0 Å². The molecule has 82 valence electrons. The van der Waals surface area contributed by atoms with Gasteiger partial charge in [-0.05, 0) is 0 Å². The van der Waals surface area contributed by atoms with Crippen molar-refractivity contribution in [3.05, 3.63) is 0 Å². The molecule has 0 aliphatic rings. The van der Waals surface area contributed by atoms with Crippen LogP contribution < -0.4 is 0 Å². The van der Waals surface area contributed by atoms with Crippen molar-refractivity contribution in [2.24, 2.45) is 11.8 Å². The summed E-state index contributed by atoms with van der Waals surface area (Å²) in [6.07, 6.45) is 0. The average molecular weight is 238 g/mol. The predicted molar refractivity (Wildman–Crippen MR) is 58.5 cm³/mol. The zero-order valence-electron chi connectivity index (χ0n) is 8.10. The Hall–Kier alpha value is -0.360. The zero-order chi connectivity index (χ0) is 11.1. The van der Waals surface area contributed by atoms with Gasteiger partial charge in [0.2, 0.25) is 0 Å². The number of carboxylic acid groups (broad SMARTS) is 2. The molecule has 0 bridgehead atoms. The summed E-state index contributed by atoms with van der Waals surface area (Å²) in [5.74, 6) is -1.38. The number of rotatable bonds is 7. The molecule has 0 saturated heterocycles. The van der Waals surface area contributed by atoms with Gasteiger partial charge in [0.05, 0.1) is 11.8 Å². The third kappa shape index (κ3) is 6.15. The van der Waals surface area contributed by atoms with Crippen molar-refractivity contribution < 1.29 is 19.8 Å². The highest BCUT2D eigenvalue weighted by Gasteiger charge is 2.13. The van der Waals surface area contributed by atoms with Gasteiger partial charge < -0.3 is 10.2 Å². The maximum atomic E-state index is 10.4. The Morgan fingerprint density at radius 1 is 1.00 bits per heavy atom. The standard InChI is InChI=1S/C8H14O4S2/c1-5(7(9)10)3-13-14-4-6(2)8(11)12/h5-6H,3-4H2,1-2H3,(H,9,10)(H,11,12)/t5-,6+. The molecule has 0 aromatic carbocycles. The first-order valence-corrected chi connectivity index (χ1v) is 6.64. The molecule has 0 heterocycles. The summed E-state index contributed by atoms with van der Waals surface area (Å²) in [6.45, 7) is 3.27. The van der Waals surface area contributed by atoms with Crippen molar-refractivity contribution in [1.29, 1.82) is 0 Å². The molecule has 2 atom stereocenters. The second kappa shape index (κ2) is 7.00. The van der Waals surface area contributed by atoms with Crippen LogP contribution >= 0.6 is 21.6 Å². The van der Waals surface area contributed by atoms with Gasteiger partial charge in [-0.2, -0.15) is 0 Å². The Morgan fingerprint density at radius 3 is 1.50 bits per heavy atom. The lowest BCUT2D eigenvalue weighted by molar-refractivity contribution is -0.141. The van der Waals surface area contributed by atoms with Gasteiger partial charge in [-0.1, -0.05) is 35.4 Å². The number of carboxylic acids is 2. The van der Waals surface area contributed by atoms with Crippen LogP contribution in [0.2, 0.25) is 0 Å². The lowest BCUT2D eigenvalue weighted by atomic mass is 10.2. The fourth-order valence-corrected chi connectivity index (χ4v) is 3.13. The Morgan fingerprint density at radius 2 is 1.29 bits per heavy atom. The van der Waals surface area contributed by atoms with Crippen molar-refractivity contribution in [3.8, 4) is 0 Å². The molecular formula is C8H14O4S2. The quantitative estimate of drug-likeness (QED) is 0.520. The second-order valence-corrected chi connectivity index (χ2v) is 5.60. The van der Waals surface area contributed by atoms with E-state index < -0.39 is 11.9 Å². The zero-order valence-corrected chi connectivity index (χ0v) is 9.73. The molecule has 4 nitrogen and oxygen atoms in total.